The molecule has 3 rings (SSSR count). The first kappa shape index (κ1) is 10.4. The van der Waals surface area contributed by atoms with Gasteiger partial charge >= 0.3 is 0 Å². The number of allylic oxidation sites excluding steroid dienone is 5. The van der Waals surface area contributed by atoms with Crippen molar-refractivity contribution in [1.82, 2.24) is 0 Å². The number of rotatable bonds is 0. The minimum absolute atomic E-state index is 0.0367. The molecule has 1 aromatic rings. The number of halogens is 1. The van der Waals surface area contributed by atoms with Crippen molar-refractivity contribution in [3.8, 4) is 5.75 Å². The predicted molar refractivity (Wildman–Crippen MR) is 66.1 cm³/mol. The van der Waals surface area contributed by atoms with E-state index in [0.717, 1.165) is 5.57 Å². The van der Waals surface area contributed by atoms with Gasteiger partial charge in [-0.3, -0.25) is 4.79 Å². The zero-order chi connectivity index (χ0) is 11.8. The van der Waals surface area contributed by atoms with Gasteiger partial charge in [-0.25, -0.2) is 0 Å². The molecule has 1 heterocycles. The summed E-state index contributed by atoms with van der Waals surface area (Å²) in [5, 5.41) is 0.711. The van der Waals surface area contributed by atoms with Crippen molar-refractivity contribution in [2.75, 3.05) is 0 Å². The molecule has 0 spiro atoms. The number of para-hydroxylation sites is 1. The van der Waals surface area contributed by atoms with Crippen LogP contribution in [0.1, 0.15) is 16.8 Å². The van der Waals surface area contributed by atoms with E-state index in [9.17, 15) is 4.79 Å². The minimum Gasteiger partial charge on any atom is -0.456 e. The summed E-state index contributed by atoms with van der Waals surface area (Å²) in [6, 6.07) is 7.24. The van der Waals surface area contributed by atoms with E-state index in [-0.39, 0.29) is 5.78 Å². The lowest BCUT2D eigenvalue weighted by molar-refractivity contribution is 0.104. The third-order valence-corrected chi connectivity index (χ3v) is 3.03. The van der Waals surface area contributed by atoms with Crippen molar-refractivity contribution in [2.45, 2.75) is 6.42 Å². The Bertz CT molecular complexity index is 594. The highest BCUT2D eigenvalue weighted by Gasteiger charge is 2.22. The Kier molecular flexibility index (Phi) is 2.37. The highest BCUT2D eigenvalue weighted by atomic mass is 35.5. The van der Waals surface area contributed by atoms with Gasteiger partial charge in [0, 0.05) is 17.0 Å². The van der Waals surface area contributed by atoms with Gasteiger partial charge in [-0.1, -0.05) is 23.7 Å². The first-order valence-corrected chi connectivity index (χ1v) is 5.70. The van der Waals surface area contributed by atoms with Crippen LogP contribution in [0.5, 0.6) is 5.75 Å². The number of carbonyl (C=O) groups is 1. The van der Waals surface area contributed by atoms with Crippen molar-refractivity contribution >= 4 is 17.4 Å². The molecular weight excluding hydrogens is 236 g/mol. The molecule has 17 heavy (non-hydrogen) atoms. The number of hydrogen-bond acceptors (Lipinski definition) is 2. The van der Waals surface area contributed by atoms with E-state index in [4.69, 9.17) is 16.3 Å². The molecule has 84 valence electrons. The minimum atomic E-state index is -0.0367. The van der Waals surface area contributed by atoms with E-state index < -0.39 is 0 Å². The molecule has 0 atom stereocenters. The molecule has 1 aliphatic carbocycles. The Morgan fingerprint density at radius 1 is 1.18 bits per heavy atom. The normalized spacial score (nSPS) is 17.9. The van der Waals surface area contributed by atoms with Crippen LogP contribution in [-0.2, 0) is 0 Å². The summed E-state index contributed by atoms with van der Waals surface area (Å²) in [4.78, 5) is 12.0. The van der Waals surface area contributed by atoms with Crippen LogP contribution in [0.2, 0.25) is 0 Å². The van der Waals surface area contributed by atoms with Crippen LogP contribution in [-0.4, -0.2) is 5.78 Å². The van der Waals surface area contributed by atoms with Gasteiger partial charge in [-0.15, -0.1) is 0 Å². The summed E-state index contributed by atoms with van der Waals surface area (Å²) >= 11 is 5.96. The van der Waals surface area contributed by atoms with Crippen LogP contribution >= 0.6 is 11.6 Å². The number of fused-ring (bicyclic) bond motifs is 2. The molecule has 0 amide bonds. The molecular formula is C14H9ClO2. The first-order chi connectivity index (χ1) is 8.24. The fourth-order valence-electron chi connectivity index (χ4n) is 1.94. The zero-order valence-electron chi connectivity index (χ0n) is 8.94. The fourth-order valence-corrected chi connectivity index (χ4v) is 2.14. The third kappa shape index (κ3) is 1.81. The van der Waals surface area contributed by atoms with Crippen LogP contribution in [0.15, 0.2) is 58.9 Å². The Morgan fingerprint density at radius 2 is 2.00 bits per heavy atom. The van der Waals surface area contributed by atoms with Gasteiger partial charge in [-0.2, -0.15) is 0 Å². The van der Waals surface area contributed by atoms with Crippen LogP contribution in [0.4, 0.5) is 0 Å². The topological polar surface area (TPSA) is 26.3 Å². The van der Waals surface area contributed by atoms with E-state index in [0.29, 0.717) is 28.5 Å². The monoisotopic (exact) mass is 244 g/mol. The van der Waals surface area contributed by atoms with Gasteiger partial charge in [0.2, 0.25) is 0 Å². The maximum absolute atomic E-state index is 12.0. The van der Waals surface area contributed by atoms with Gasteiger partial charge in [0.05, 0.1) is 5.56 Å². The van der Waals surface area contributed by atoms with Crippen LogP contribution in [0, 0.1) is 0 Å². The molecule has 0 N–H and O–H groups in total. The van der Waals surface area contributed by atoms with Crippen molar-refractivity contribution in [2.24, 2.45) is 0 Å². The van der Waals surface area contributed by atoms with Crippen molar-refractivity contribution in [3.63, 3.8) is 0 Å². The highest BCUT2D eigenvalue weighted by Crippen LogP contribution is 2.33. The maximum Gasteiger partial charge on any atom is 0.190 e. The Hall–Kier alpha value is -1.80. The Balaban J connectivity index is 2.14. The predicted octanol–water partition coefficient (Wildman–Crippen LogP) is 3.60. The summed E-state index contributed by atoms with van der Waals surface area (Å²) < 4.78 is 5.75. The lowest BCUT2D eigenvalue weighted by Gasteiger charge is -2.14. The van der Waals surface area contributed by atoms with E-state index >= 15 is 0 Å². The maximum atomic E-state index is 12.0. The summed E-state index contributed by atoms with van der Waals surface area (Å²) in [5.74, 6) is 1.26. The van der Waals surface area contributed by atoms with Crippen LogP contribution < -0.4 is 4.74 Å². The molecule has 0 saturated carbocycles. The molecule has 1 aromatic carbocycles. The quantitative estimate of drug-likeness (QED) is 0.697. The van der Waals surface area contributed by atoms with Crippen LogP contribution in [0.25, 0.3) is 0 Å². The van der Waals surface area contributed by atoms with Crippen molar-refractivity contribution in [1.29, 1.82) is 0 Å². The zero-order valence-corrected chi connectivity index (χ0v) is 9.70. The molecule has 2 nitrogen and oxygen atoms in total. The molecule has 2 aliphatic rings. The molecule has 0 bridgehead atoms. The average molecular weight is 245 g/mol. The molecule has 0 aromatic heterocycles. The number of ketones is 1. The van der Waals surface area contributed by atoms with Gasteiger partial charge < -0.3 is 4.74 Å². The van der Waals surface area contributed by atoms with E-state index in [2.05, 4.69) is 0 Å². The number of carbonyl (C=O) groups excluding carboxylic acids is 1. The lowest BCUT2D eigenvalue weighted by Crippen LogP contribution is -2.01. The third-order valence-electron chi connectivity index (χ3n) is 2.77. The summed E-state index contributed by atoms with van der Waals surface area (Å²) in [6.45, 7) is 0. The summed E-state index contributed by atoms with van der Waals surface area (Å²) in [6.07, 6.45) is 5.75. The first-order valence-electron chi connectivity index (χ1n) is 5.32. The second kappa shape index (κ2) is 3.90. The standard InChI is InChI=1S/C14H9ClO2/c15-10-5-6-13-9(7-10)8-12(16)11-3-1-2-4-14(11)17-13/h1-6,8H,7H2. The number of ether oxygens (including phenoxy) is 1. The Morgan fingerprint density at radius 3 is 2.88 bits per heavy atom. The SMILES string of the molecule is O=C1C=C2CC(Cl)=CC=C2Oc2ccccc21. The van der Waals surface area contributed by atoms with Gasteiger partial charge in [0.1, 0.15) is 11.5 Å². The number of hydrogen-bond donors (Lipinski definition) is 0. The van der Waals surface area contributed by atoms with Gasteiger partial charge in [0.25, 0.3) is 0 Å². The molecule has 0 radical (unpaired) electrons. The largest absolute Gasteiger partial charge is 0.456 e. The van der Waals surface area contributed by atoms with Gasteiger partial charge in [0.15, 0.2) is 5.78 Å². The molecule has 0 saturated heterocycles. The lowest BCUT2D eigenvalue weighted by atomic mass is 10.0. The van der Waals surface area contributed by atoms with Crippen molar-refractivity contribution in [3.05, 3.63) is 64.4 Å². The molecule has 3 heteroatoms. The van der Waals surface area contributed by atoms with Gasteiger partial charge in [-0.05, 0) is 30.4 Å². The smallest absolute Gasteiger partial charge is 0.190 e. The van der Waals surface area contributed by atoms with Crippen LogP contribution in [0.3, 0.4) is 0 Å². The fraction of sp³-hybridized carbons (Fsp3) is 0.0714. The van der Waals surface area contributed by atoms with E-state index in [1.807, 2.05) is 12.1 Å². The second-order valence-electron chi connectivity index (χ2n) is 3.95. The number of benzene rings is 1. The Labute approximate surface area is 104 Å². The van der Waals surface area contributed by atoms with E-state index in [1.165, 1.54) is 0 Å². The average Bonchev–Trinajstić information content (AvgIpc) is 2.46. The van der Waals surface area contributed by atoms with Crippen molar-refractivity contribution < 1.29 is 9.53 Å². The summed E-state index contributed by atoms with van der Waals surface area (Å²) in [5.41, 5.74) is 1.42. The molecule has 1 aliphatic heterocycles. The molecule has 0 fully saturated rings. The molecule has 0 unspecified atom stereocenters. The second-order valence-corrected chi connectivity index (χ2v) is 4.44. The highest BCUT2D eigenvalue weighted by molar-refractivity contribution is 6.30. The van der Waals surface area contributed by atoms with E-state index in [1.54, 1.807) is 30.4 Å². The summed E-state index contributed by atoms with van der Waals surface area (Å²) in [7, 11) is 0.